The lowest BCUT2D eigenvalue weighted by molar-refractivity contribution is 0.0984. The molecule has 6 nitrogen and oxygen atoms in total. The Hall–Kier alpha value is -3.38. The maximum absolute atomic E-state index is 13.1. The number of furan rings is 1. The van der Waals surface area contributed by atoms with Crippen LogP contribution in [0.1, 0.15) is 34.4 Å². The summed E-state index contributed by atoms with van der Waals surface area (Å²) in [6.07, 6.45) is 0. The van der Waals surface area contributed by atoms with Gasteiger partial charge in [-0.3, -0.25) is 4.79 Å². The highest BCUT2D eigenvalue weighted by atomic mass is 16.5. The van der Waals surface area contributed by atoms with E-state index in [0.29, 0.717) is 24.5 Å². The minimum atomic E-state index is -0.310. The number of hydrogen-bond acceptors (Lipinski definition) is 4. The molecule has 0 saturated carbocycles. The smallest absolute Gasteiger partial charge is 0.291 e. The molecule has 0 saturated heterocycles. The van der Waals surface area contributed by atoms with Gasteiger partial charge in [-0.25, -0.2) is 4.68 Å². The predicted octanol–water partition coefficient (Wildman–Crippen LogP) is 5.02. The minimum absolute atomic E-state index is 0.269. The molecule has 0 spiro atoms. The van der Waals surface area contributed by atoms with E-state index in [-0.39, 0.29) is 11.7 Å². The van der Waals surface area contributed by atoms with Gasteiger partial charge in [0, 0.05) is 17.6 Å². The zero-order chi connectivity index (χ0) is 20.4. The number of carbonyl (C=O) groups is 1. The van der Waals surface area contributed by atoms with E-state index in [1.54, 1.807) is 0 Å². The molecule has 0 aliphatic rings. The van der Waals surface area contributed by atoms with E-state index in [0.717, 1.165) is 28.0 Å². The molecule has 0 unspecified atom stereocenters. The van der Waals surface area contributed by atoms with Crippen molar-refractivity contribution in [1.82, 2.24) is 9.78 Å². The van der Waals surface area contributed by atoms with Crippen LogP contribution in [0.2, 0.25) is 0 Å². The van der Waals surface area contributed by atoms with E-state index in [9.17, 15) is 4.79 Å². The normalized spacial score (nSPS) is 11.1. The van der Waals surface area contributed by atoms with Crippen LogP contribution in [0, 0.1) is 13.8 Å². The number of aryl methyl sites for hydroxylation is 1. The monoisotopic (exact) mass is 389 g/mol. The molecule has 0 radical (unpaired) electrons. The standard InChI is InChI=1S/C23H23N3O3/c1-4-28-14-19-18-12-8-9-13-20(18)29-22(19)23(27)24-21-15(2)25-26(16(21)3)17-10-6-5-7-11-17/h5-13H,4,14H2,1-3H3,(H,24,27). The number of nitrogens with one attached hydrogen (secondary N) is 1. The Balaban J connectivity index is 1.69. The third-order valence-electron chi connectivity index (χ3n) is 4.89. The summed E-state index contributed by atoms with van der Waals surface area (Å²) < 4.78 is 13.3. The summed E-state index contributed by atoms with van der Waals surface area (Å²) in [4.78, 5) is 13.1. The van der Waals surface area contributed by atoms with Crippen molar-refractivity contribution in [3.63, 3.8) is 0 Å². The number of rotatable bonds is 6. The largest absolute Gasteiger partial charge is 0.451 e. The van der Waals surface area contributed by atoms with E-state index in [4.69, 9.17) is 9.15 Å². The molecular weight excluding hydrogens is 366 g/mol. The number of fused-ring (bicyclic) bond motifs is 1. The molecule has 29 heavy (non-hydrogen) atoms. The fraction of sp³-hybridized carbons (Fsp3) is 0.217. The summed E-state index contributed by atoms with van der Waals surface area (Å²) >= 11 is 0. The summed E-state index contributed by atoms with van der Waals surface area (Å²) in [5.41, 5.74) is 4.63. The van der Waals surface area contributed by atoms with Crippen molar-refractivity contribution in [3.8, 4) is 5.69 Å². The molecule has 0 aliphatic heterocycles. The average molecular weight is 389 g/mol. The maximum atomic E-state index is 13.1. The van der Waals surface area contributed by atoms with Crippen LogP contribution in [0.5, 0.6) is 0 Å². The molecule has 2 aromatic carbocycles. The molecule has 4 rings (SSSR count). The van der Waals surface area contributed by atoms with Gasteiger partial charge >= 0.3 is 0 Å². The van der Waals surface area contributed by atoms with Crippen molar-refractivity contribution in [2.75, 3.05) is 11.9 Å². The highest BCUT2D eigenvalue weighted by Gasteiger charge is 2.23. The predicted molar refractivity (Wildman–Crippen MR) is 113 cm³/mol. The van der Waals surface area contributed by atoms with Crippen LogP contribution in [0.15, 0.2) is 59.0 Å². The third-order valence-corrected chi connectivity index (χ3v) is 4.89. The molecular formula is C23H23N3O3. The van der Waals surface area contributed by atoms with E-state index in [1.165, 1.54) is 0 Å². The molecule has 148 valence electrons. The Kier molecular flexibility index (Phi) is 5.18. The highest BCUT2D eigenvalue weighted by molar-refractivity contribution is 6.07. The number of benzene rings is 2. The minimum Gasteiger partial charge on any atom is -0.451 e. The second-order valence-corrected chi connectivity index (χ2v) is 6.79. The molecule has 1 N–H and O–H groups in total. The van der Waals surface area contributed by atoms with Gasteiger partial charge in [0.05, 0.1) is 29.4 Å². The lowest BCUT2D eigenvalue weighted by Crippen LogP contribution is -2.14. The Morgan fingerprint density at radius 2 is 1.83 bits per heavy atom. The van der Waals surface area contributed by atoms with Gasteiger partial charge < -0.3 is 14.5 Å². The van der Waals surface area contributed by atoms with Crippen LogP contribution < -0.4 is 5.32 Å². The van der Waals surface area contributed by atoms with Crippen molar-refractivity contribution >= 4 is 22.6 Å². The number of nitrogens with zero attached hydrogens (tertiary/aromatic N) is 2. The number of aromatic nitrogens is 2. The highest BCUT2D eigenvalue weighted by Crippen LogP contribution is 2.29. The van der Waals surface area contributed by atoms with Crippen LogP contribution in [0.4, 0.5) is 5.69 Å². The number of anilines is 1. The molecule has 6 heteroatoms. The van der Waals surface area contributed by atoms with Crippen LogP contribution >= 0.6 is 0 Å². The Morgan fingerprint density at radius 3 is 2.59 bits per heavy atom. The van der Waals surface area contributed by atoms with E-state index < -0.39 is 0 Å². The van der Waals surface area contributed by atoms with Crippen LogP contribution in [0.3, 0.4) is 0 Å². The van der Waals surface area contributed by atoms with Crippen molar-refractivity contribution in [2.45, 2.75) is 27.4 Å². The maximum Gasteiger partial charge on any atom is 0.291 e. The molecule has 2 aromatic heterocycles. The zero-order valence-electron chi connectivity index (χ0n) is 16.7. The van der Waals surface area contributed by atoms with Gasteiger partial charge in [0.15, 0.2) is 5.76 Å². The van der Waals surface area contributed by atoms with Gasteiger partial charge in [-0.1, -0.05) is 36.4 Å². The molecule has 2 heterocycles. The SMILES string of the molecule is CCOCc1c(C(=O)Nc2c(C)nn(-c3ccccc3)c2C)oc2ccccc12. The van der Waals surface area contributed by atoms with Crippen LogP contribution in [-0.2, 0) is 11.3 Å². The second kappa shape index (κ2) is 7.93. The van der Waals surface area contributed by atoms with Crippen molar-refractivity contribution in [1.29, 1.82) is 0 Å². The lowest BCUT2D eigenvalue weighted by atomic mass is 10.1. The Morgan fingerprint density at radius 1 is 1.10 bits per heavy atom. The second-order valence-electron chi connectivity index (χ2n) is 6.79. The van der Waals surface area contributed by atoms with Gasteiger partial charge in [-0.15, -0.1) is 0 Å². The number of carbonyl (C=O) groups excluding carboxylic acids is 1. The van der Waals surface area contributed by atoms with E-state index >= 15 is 0 Å². The van der Waals surface area contributed by atoms with Gasteiger partial charge in [0.1, 0.15) is 5.58 Å². The first-order valence-corrected chi connectivity index (χ1v) is 9.61. The molecule has 1 amide bonds. The first-order chi connectivity index (χ1) is 14.1. The molecule has 0 aliphatic carbocycles. The molecule has 0 bridgehead atoms. The van der Waals surface area contributed by atoms with Gasteiger partial charge in [0.25, 0.3) is 5.91 Å². The van der Waals surface area contributed by atoms with E-state index in [1.807, 2.05) is 80.1 Å². The number of para-hydroxylation sites is 2. The zero-order valence-corrected chi connectivity index (χ0v) is 16.7. The van der Waals surface area contributed by atoms with E-state index in [2.05, 4.69) is 10.4 Å². The van der Waals surface area contributed by atoms with Gasteiger partial charge in [-0.05, 0) is 39.0 Å². The summed E-state index contributed by atoms with van der Waals surface area (Å²) in [6, 6.07) is 17.4. The summed E-state index contributed by atoms with van der Waals surface area (Å²) in [6.45, 7) is 6.61. The quantitative estimate of drug-likeness (QED) is 0.502. The van der Waals surface area contributed by atoms with Crippen molar-refractivity contribution in [3.05, 3.63) is 77.3 Å². The van der Waals surface area contributed by atoms with Crippen LogP contribution in [0.25, 0.3) is 16.7 Å². The molecule has 0 fully saturated rings. The van der Waals surface area contributed by atoms with Gasteiger partial charge in [-0.2, -0.15) is 5.10 Å². The summed E-state index contributed by atoms with van der Waals surface area (Å²) in [5, 5.41) is 8.47. The summed E-state index contributed by atoms with van der Waals surface area (Å²) in [7, 11) is 0. The van der Waals surface area contributed by atoms with Crippen molar-refractivity contribution in [2.24, 2.45) is 0 Å². The summed E-state index contributed by atoms with van der Waals surface area (Å²) in [5.74, 6) is -0.0411. The lowest BCUT2D eigenvalue weighted by Gasteiger charge is -2.07. The number of ether oxygens (including phenoxy) is 1. The number of amides is 1. The third kappa shape index (κ3) is 3.54. The topological polar surface area (TPSA) is 69.3 Å². The Labute approximate surface area is 169 Å². The van der Waals surface area contributed by atoms with Crippen molar-refractivity contribution < 1.29 is 13.9 Å². The van der Waals surface area contributed by atoms with Gasteiger partial charge in [0.2, 0.25) is 0 Å². The molecule has 0 atom stereocenters. The average Bonchev–Trinajstić information content (AvgIpc) is 3.25. The fourth-order valence-electron chi connectivity index (χ4n) is 3.44. The molecule has 4 aromatic rings. The first-order valence-electron chi connectivity index (χ1n) is 9.61. The Bertz CT molecular complexity index is 1160. The first kappa shape index (κ1) is 19.0. The van der Waals surface area contributed by atoms with Crippen LogP contribution in [-0.4, -0.2) is 22.3 Å². The number of hydrogen-bond donors (Lipinski definition) is 1. The fourth-order valence-corrected chi connectivity index (χ4v) is 3.44.